The van der Waals surface area contributed by atoms with Gasteiger partial charge in [-0.2, -0.15) is 0 Å². The largest absolute Gasteiger partial charge is 0.495 e. The normalized spacial score (nSPS) is 10.4. The molecule has 3 aromatic rings. The molecule has 0 atom stereocenters. The maximum atomic E-state index is 12.1. The highest BCUT2D eigenvalue weighted by Crippen LogP contribution is 2.35. The van der Waals surface area contributed by atoms with Crippen LogP contribution < -0.4 is 14.8 Å². The van der Waals surface area contributed by atoms with Crippen LogP contribution in [0.25, 0.3) is 11.0 Å². The zero-order chi connectivity index (χ0) is 20.1. The van der Waals surface area contributed by atoms with E-state index in [4.69, 9.17) is 25.8 Å². The van der Waals surface area contributed by atoms with Gasteiger partial charge in [0.15, 0.2) is 12.3 Å². The van der Waals surface area contributed by atoms with Gasteiger partial charge in [-0.25, -0.2) is 9.78 Å². The molecule has 3 rings (SSSR count). The van der Waals surface area contributed by atoms with Gasteiger partial charge >= 0.3 is 5.97 Å². The summed E-state index contributed by atoms with van der Waals surface area (Å²) >= 11 is 6.06. The van der Waals surface area contributed by atoms with Crippen LogP contribution in [0.4, 0.5) is 5.69 Å². The van der Waals surface area contributed by atoms with Crippen molar-refractivity contribution >= 4 is 40.2 Å². The van der Waals surface area contributed by atoms with Crippen molar-refractivity contribution in [1.29, 1.82) is 0 Å². The van der Waals surface area contributed by atoms with E-state index in [1.54, 1.807) is 18.2 Å². The number of anilines is 1. The van der Waals surface area contributed by atoms with E-state index in [0.717, 1.165) is 0 Å². The lowest BCUT2D eigenvalue weighted by Gasteiger charge is -2.13. The lowest BCUT2D eigenvalue weighted by Crippen LogP contribution is -2.21. The van der Waals surface area contributed by atoms with Crippen LogP contribution in [0.5, 0.6) is 11.5 Å². The number of nitrogens with zero attached hydrogens (tertiary/aromatic N) is 2. The Hall–Kier alpha value is -3.39. The Morgan fingerprint density at radius 3 is 2.50 bits per heavy atom. The Labute approximate surface area is 165 Å². The molecular weight excluding hydrogens is 386 g/mol. The molecular formula is C19H16ClN3O5. The number of aromatic nitrogens is 2. The minimum atomic E-state index is -0.756. The Bertz CT molecular complexity index is 1040. The second-order valence-electron chi connectivity index (χ2n) is 5.56. The number of carbonyl (C=O) groups is 2. The molecule has 2 aromatic carbocycles. The number of halogens is 1. The van der Waals surface area contributed by atoms with Crippen molar-refractivity contribution < 1.29 is 23.8 Å². The fourth-order valence-corrected chi connectivity index (χ4v) is 2.65. The van der Waals surface area contributed by atoms with Crippen LogP contribution in [-0.2, 0) is 9.53 Å². The predicted octanol–water partition coefficient (Wildman–Crippen LogP) is 3.10. The summed E-state index contributed by atoms with van der Waals surface area (Å²) in [6, 6.07) is 10.1. The number of methoxy groups -OCH3 is 2. The fraction of sp³-hybridized carbons (Fsp3) is 0.158. The summed E-state index contributed by atoms with van der Waals surface area (Å²) < 4.78 is 15.3. The number of hydrogen-bond acceptors (Lipinski definition) is 7. The van der Waals surface area contributed by atoms with E-state index in [9.17, 15) is 9.59 Å². The number of benzene rings is 2. The summed E-state index contributed by atoms with van der Waals surface area (Å²) in [7, 11) is 2.91. The third-order valence-electron chi connectivity index (χ3n) is 3.74. The van der Waals surface area contributed by atoms with Crippen molar-refractivity contribution in [2.75, 3.05) is 26.1 Å². The number of hydrogen-bond donors (Lipinski definition) is 1. The van der Waals surface area contributed by atoms with Crippen LogP contribution in [0.2, 0.25) is 5.02 Å². The highest BCUT2D eigenvalue weighted by Gasteiger charge is 2.16. The van der Waals surface area contributed by atoms with Gasteiger partial charge in [-0.3, -0.25) is 9.78 Å². The second-order valence-corrected chi connectivity index (χ2v) is 5.96. The maximum Gasteiger partial charge on any atom is 0.359 e. The first-order valence-electron chi connectivity index (χ1n) is 8.12. The second kappa shape index (κ2) is 8.53. The van der Waals surface area contributed by atoms with Gasteiger partial charge in [0.2, 0.25) is 0 Å². The van der Waals surface area contributed by atoms with E-state index in [2.05, 4.69) is 15.3 Å². The molecule has 9 heteroatoms. The van der Waals surface area contributed by atoms with Crippen LogP contribution in [0.3, 0.4) is 0 Å². The molecule has 144 valence electrons. The Kier molecular flexibility index (Phi) is 5.90. The van der Waals surface area contributed by atoms with Crippen LogP contribution in [-0.4, -0.2) is 42.7 Å². The van der Waals surface area contributed by atoms with E-state index in [-0.39, 0.29) is 5.69 Å². The molecule has 0 fully saturated rings. The van der Waals surface area contributed by atoms with Gasteiger partial charge in [0.25, 0.3) is 5.91 Å². The predicted molar refractivity (Wildman–Crippen MR) is 103 cm³/mol. The Balaban J connectivity index is 1.65. The van der Waals surface area contributed by atoms with E-state index in [0.29, 0.717) is 33.2 Å². The number of nitrogens with one attached hydrogen (secondary N) is 1. The molecule has 0 unspecified atom stereocenters. The van der Waals surface area contributed by atoms with Gasteiger partial charge in [0.05, 0.1) is 42.2 Å². The number of esters is 1. The molecule has 28 heavy (non-hydrogen) atoms. The van der Waals surface area contributed by atoms with Gasteiger partial charge in [-0.1, -0.05) is 23.7 Å². The van der Waals surface area contributed by atoms with Gasteiger partial charge in [0, 0.05) is 6.07 Å². The zero-order valence-electron chi connectivity index (χ0n) is 15.1. The molecule has 0 aliphatic rings. The Morgan fingerprint density at radius 1 is 1.07 bits per heavy atom. The maximum absolute atomic E-state index is 12.1. The average Bonchev–Trinajstić information content (AvgIpc) is 2.71. The first kappa shape index (κ1) is 19.4. The van der Waals surface area contributed by atoms with Crippen LogP contribution in [0.1, 0.15) is 10.5 Å². The van der Waals surface area contributed by atoms with Crippen LogP contribution >= 0.6 is 11.6 Å². The van der Waals surface area contributed by atoms with Gasteiger partial charge in [0.1, 0.15) is 11.5 Å². The molecule has 0 saturated carbocycles. The van der Waals surface area contributed by atoms with Crippen LogP contribution in [0.15, 0.2) is 42.6 Å². The summed E-state index contributed by atoms with van der Waals surface area (Å²) in [5, 5.41) is 2.87. The third kappa shape index (κ3) is 4.29. The van der Waals surface area contributed by atoms with E-state index < -0.39 is 18.5 Å². The van der Waals surface area contributed by atoms with Crippen molar-refractivity contribution in [1.82, 2.24) is 9.97 Å². The van der Waals surface area contributed by atoms with Gasteiger partial charge in [-0.05, 0) is 18.2 Å². The lowest BCUT2D eigenvalue weighted by atomic mass is 10.2. The molecule has 0 aliphatic carbocycles. The number of ether oxygens (including phenoxy) is 3. The molecule has 1 aromatic heterocycles. The topological polar surface area (TPSA) is 99.6 Å². The molecule has 1 N–H and O–H groups in total. The van der Waals surface area contributed by atoms with E-state index in [1.807, 2.05) is 6.07 Å². The molecule has 0 bridgehead atoms. The van der Waals surface area contributed by atoms with Crippen molar-refractivity contribution in [3.63, 3.8) is 0 Å². The standard InChI is InChI=1S/C19H16ClN3O5/c1-26-16-8-17(27-2)14(7-11(16)20)23-18(24)10-28-19(25)15-9-21-12-5-3-4-6-13(12)22-15/h3-9H,10H2,1-2H3,(H,23,24). The Morgan fingerprint density at radius 2 is 1.79 bits per heavy atom. The number of para-hydroxylation sites is 2. The SMILES string of the molecule is COc1cc(OC)c(NC(=O)COC(=O)c2cnc3ccccc3n2)cc1Cl. The minimum Gasteiger partial charge on any atom is -0.495 e. The van der Waals surface area contributed by atoms with E-state index in [1.165, 1.54) is 32.5 Å². The van der Waals surface area contributed by atoms with Crippen molar-refractivity contribution in [3.05, 3.63) is 53.3 Å². The summed E-state index contributed by atoms with van der Waals surface area (Å²) in [5.74, 6) is -0.575. The first-order valence-corrected chi connectivity index (χ1v) is 8.50. The molecule has 0 spiro atoms. The first-order chi connectivity index (χ1) is 13.5. The number of amides is 1. The van der Waals surface area contributed by atoms with E-state index >= 15 is 0 Å². The number of carbonyl (C=O) groups excluding carboxylic acids is 2. The molecule has 1 amide bonds. The third-order valence-corrected chi connectivity index (χ3v) is 4.04. The lowest BCUT2D eigenvalue weighted by molar-refractivity contribution is -0.119. The molecule has 1 heterocycles. The highest BCUT2D eigenvalue weighted by molar-refractivity contribution is 6.32. The number of fused-ring (bicyclic) bond motifs is 1. The van der Waals surface area contributed by atoms with Crippen LogP contribution in [0, 0.1) is 0 Å². The fourth-order valence-electron chi connectivity index (χ4n) is 2.40. The smallest absolute Gasteiger partial charge is 0.359 e. The molecule has 0 saturated heterocycles. The highest BCUT2D eigenvalue weighted by atomic mass is 35.5. The molecule has 0 radical (unpaired) electrons. The molecule has 0 aliphatic heterocycles. The van der Waals surface area contributed by atoms with Gasteiger partial charge < -0.3 is 19.5 Å². The zero-order valence-corrected chi connectivity index (χ0v) is 15.8. The monoisotopic (exact) mass is 401 g/mol. The summed E-state index contributed by atoms with van der Waals surface area (Å²) in [6.07, 6.45) is 1.30. The van der Waals surface area contributed by atoms with Crippen molar-refractivity contribution in [2.45, 2.75) is 0 Å². The van der Waals surface area contributed by atoms with Gasteiger partial charge in [-0.15, -0.1) is 0 Å². The summed E-state index contributed by atoms with van der Waals surface area (Å²) in [4.78, 5) is 32.6. The minimum absolute atomic E-state index is 0.0107. The quantitative estimate of drug-likeness (QED) is 0.633. The summed E-state index contributed by atoms with van der Waals surface area (Å²) in [5.41, 5.74) is 1.54. The number of rotatable bonds is 6. The summed E-state index contributed by atoms with van der Waals surface area (Å²) in [6.45, 7) is -0.514. The molecule has 8 nitrogen and oxygen atoms in total. The van der Waals surface area contributed by atoms with Crippen molar-refractivity contribution in [2.24, 2.45) is 0 Å². The average molecular weight is 402 g/mol. The van der Waals surface area contributed by atoms with Crippen molar-refractivity contribution in [3.8, 4) is 11.5 Å².